The van der Waals surface area contributed by atoms with E-state index in [4.69, 9.17) is 16.3 Å². The lowest BCUT2D eigenvalue weighted by molar-refractivity contribution is -0.124. The molecule has 138 valence electrons. The van der Waals surface area contributed by atoms with Gasteiger partial charge in [-0.3, -0.25) is 9.59 Å². The Hall–Kier alpha value is -2.53. The van der Waals surface area contributed by atoms with Gasteiger partial charge in [-0.05, 0) is 43.2 Å². The Bertz CT molecular complexity index is 651. The zero-order valence-electron chi connectivity index (χ0n) is 14.8. The van der Waals surface area contributed by atoms with Gasteiger partial charge in [0.25, 0.3) is 5.91 Å². The van der Waals surface area contributed by atoms with Gasteiger partial charge < -0.3 is 15.4 Å². The maximum absolute atomic E-state index is 11.8. The summed E-state index contributed by atoms with van der Waals surface area (Å²) in [5.74, 6) is 0.306. The number of benzene rings is 2. The second kappa shape index (κ2) is 10.5. The topological polar surface area (TPSA) is 67.4 Å². The van der Waals surface area contributed by atoms with Gasteiger partial charge in [-0.15, -0.1) is 0 Å². The fourth-order valence-corrected chi connectivity index (χ4v) is 2.36. The van der Waals surface area contributed by atoms with Crippen molar-refractivity contribution < 1.29 is 14.3 Å². The normalized spacial score (nSPS) is 10.2. The van der Waals surface area contributed by atoms with Crippen molar-refractivity contribution in [3.8, 4) is 5.75 Å². The maximum Gasteiger partial charge on any atom is 0.258 e. The van der Waals surface area contributed by atoms with E-state index in [0.29, 0.717) is 36.7 Å². The van der Waals surface area contributed by atoms with Crippen LogP contribution in [0.25, 0.3) is 0 Å². The van der Waals surface area contributed by atoms with E-state index in [2.05, 4.69) is 10.6 Å². The van der Waals surface area contributed by atoms with Crippen molar-refractivity contribution in [2.45, 2.75) is 19.8 Å². The number of ether oxygens (including phenoxy) is 1. The number of carbonyl (C=O) groups is 2. The molecule has 0 saturated heterocycles. The van der Waals surface area contributed by atoms with Gasteiger partial charge in [-0.1, -0.05) is 41.4 Å². The third-order valence-electron chi connectivity index (χ3n) is 3.71. The average molecular weight is 375 g/mol. The second-order valence-electron chi connectivity index (χ2n) is 5.93. The van der Waals surface area contributed by atoms with Gasteiger partial charge in [0.05, 0.1) is 0 Å². The van der Waals surface area contributed by atoms with Crippen molar-refractivity contribution in [1.82, 2.24) is 10.6 Å². The van der Waals surface area contributed by atoms with E-state index in [1.165, 1.54) is 5.56 Å². The minimum atomic E-state index is -0.242. The molecule has 26 heavy (non-hydrogen) atoms. The van der Waals surface area contributed by atoms with Crippen molar-refractivity contribution in [1.29, 1.82) is 0 Å². The van der Waals surface area contributed by atoms with E-state index in [-0.39, 0.29) is 18.4 Å². The van der Waals surface area contributed by atoms with Crippen LogP contribution in [0.15, 0.2) is 48.5 Å². The first kappa shape index (κ1) is 19.8. The molecule has 0 aliphatic heterocycles. The molecule has 0 heterocycles. The highest BCUT2D eigenvalue weighted by Gasteiger charge is 2.04. The summed E-state index contributed by atoms with van der Waals surface area (Å²) in [6.45, 7) is 2.70. The smallest absolute Gasteiger partial charge is 0.258 e. The lowest BCUT2D eigenvalue weighted by atomic mass is 10.1. The molecule has 0 fully saturated rings. The molecule has 2 N–H and O–H groups in total. The third kappa shape index (κ3) is 7.57. The Morgan fingerprint density at radius 2 is 1.54 bits per heavy atom. The first-order valence-electron chi connectivity index (χ1n) is 8.50. The van der Waals surface area contributed by atoms with Crippen LogP contribution in [0.5, 0.6) is 5.75 Å². The van der Waals surface area contributed by atoms with E-state index in [0.717, 1.165) is 5.56 Å². The lowest BCUT2D eigenvalue weighted by Gasteiger charge is -2.09. The van der Waals surface area contributed by atoms with E-state index in [9.17, 15) is 9.59 Å². The van der Waals surface area contributed by atoms with Crippen LogP contribution in [0.4, 0.5) is 0 Å². The highest BCUT2D eigenvalue weighted by Crippen LogP contribution is 2.15. The fraction of sp³-hybridized carbons (Fsp3) is 0.300. The Labute approximate surface area is 158 Å². The number of halogens is 1. The minimum absolute atomic E-state index is 0.0303. The van der Waals surface area contributed by atoms with Crippen LogP contribution in [-0.2, 0) is 16.0 Å². The summed E-state index contributed by atoms with van der Waals surface area (Å²) in [5, 5.41) is 6.10. The first-order chi connectivity index (χ1) is 12.5. The Morgan fingerprint density at radius 1 is 0.923 bits per heavy atom. The number of hydrogen-bond donors (Lipinski definition) is 2. The number of rotatable bonds is 9. The molecule has 2 amide bonds. The molecule has 2 rings (SSSR count). The summed E-state index contributed by atoms with van der Waals surface area (Å²) in [7, 11) is 0. The molecule has 0 saturated carbocycles. The van der Waals surface area contributed by atoms with Crippen molar-refractivity contribution in [2.75, 3.05) is 19.7 Å². The summed E-state index contributed by atoms with van der Waals surface area (Å²) in [4.78, 5) is 23.5. The van der Waals surface area contributed by atoms with Gasteiger partial charge in [-0.25, -0.2) is 0 Å². The van der Waals surface area contributed by atoms with Gasteiger partial charge in [0.1, 0.15) is 5.75 Å². The van der Waals surface area contributed by atoms with Gasteiger partial charge in [0.2, 0.25) is 5.91 Å². The molecule has 0 unspecified atom stereocenters. The Morgan fingerprint density at radius 3 is 2.19 bits per heavy atom. The number of hydrogen-bond acceptors (Lipinski definition) is 3. The molecule has 2 aromatic carbocycles. The molecule has 0 aromatic heterocycles. The molecule has 0 aliphatic rings. The molecular formula is C20H23ClN2O3. The van der Waals surface area contributed by atoms with Gasteiger partial charge in [0.15, 0.2) is 6.61 Å². The average Bonchev–Trinajstić information content (AvgIpc) is 2.64. The Balaban J connectivity index is 1.54. The quantitative estimate of drug-likeness (QED) is 0.663. The molecule has 0 spiro atoms. The summed E-state index contributed by atoms with van der Waals surface area (Å²) < 4.78 is 5.34. The van der Waals surface area contributed by atoms with E-state index < -0.39 is 0 Å². The zero-order chi connectivity index (χ0) is 18.8. The predicted molar refractivity (Wildman–Crippen MR) is 102 cm³/mol. The number of carbonyl (C=O) groups excluding carboxylic acids is 2. The van der Waals surface area contributed by atoms with Crippen LogP contribution in [0.3, 0.4) is 0 Å². The Kier molecular flexibility index (Phi) is 7.96. The summed E-state index contributed by atoms with van der Waals surface area (Å²) in [6.07, 6.45) is 1.13. The molecule has 0 radical (unpaired) electrons. The predicted octanol–water partition coefficient (Wildman–Crippen LogP) is 2.89. The molecule has 6 heteroatoms. The third-order valence-corrected chi connectivity index (χ3v) is 3.97. The monoisotopic (exact) mass is 374 g/mol. The summed E-state index contributed by atoms with van der Waals surface area (Å²) >= 11 is 5.78. The van der Waals surface area contributed by atoms with Gasteiger partial charge in [-0.2, -0.15) is 0 Å². The molecule has 5 nitrogen and oxygen atoms in total. The van der Waals surface area contributed by atoms with Crippen LogP contribution in [0.2, 0.25) is 5.02 Å². The molecule has 0 atom stereocenters. The highest BCUT2D eigenvalue weighted by atomic mass is 35.5. The molecule has 2 aromatic rings. The minimum Gasteiger partial charge on any atom is -0.484 e. The van der Waals surface area contributed by atoms with E-state index in [1.807, 2.05) is 31.2 Å². The van der Waals surface area contributed by atoms with Crippen molar-refractivity contribution in [3.63, 3.8) is 0 Å². The fourth-order valence-electron chi connectivity index (χ4n) is 2.24. The standard InChI is InChI=1S/C20H23ClN2O3/c1-15-2-4-16(5-3-15)6-11-19(24)22-12-13-23-20(25)14-26-18-9-7-17(21)8-10-18/h2-5,7-10H,6,11-14H2,1H3,(H,22,24)(H,23,25). The SMILES string of the molecule is Cc1ccc(CCC(=O)NCCNC(=O)COc2ccc(Cl)cc2)cc1. The maximum atomic E-state index is 11.8. The van der Waals surface area contributed by atoms with Gasteiger partial charge in [0, 0.05) is 24.5 Å². The van der Waals surface area contributed by atoms with Crippen LogP contribution in [-0.4, -0.2) is 31.5 Å². The lowest BCUT2D eigenvalue weighted by Crippen LogP contribution is -2.36. The second-order valence-corrected chi connectivity index (χ2v) is 6.36. The first-order valence-corrected chi connectivity index (χ1v) is 8.88. The summed E-state index contributed by atoms with van der Waals surface area (Å²) in [6, 6.07) is 14.9. The van der Waals surface area contributed by atoms with Crippen LogP contribution in [0, 0.1) is 6.92 Å². The van der Waals surface area contributed by atoms with Gasteiger partial charge >= 0.3 is 0 Å². The highest BCUT2D eigenvalue weighted by molar-refractivity contribution is 6.30. The number of nitrogens with one attached hydrogen (secondary N) is 2. The van der Waals surface area contributed by atoms with Crippen molar-refractivity contribution in [3.05, 3.63) is 64.7 Å². The van der Waals surface area contributed by atoms with Crippen LogP contribution < -0.4 is 15.4 Å². The zero-order valence-corrected chi connectivity index (χ0v) is 15.5. The van der Waals surface area contributed by atoms with Crippen LogP contribution in [0.1, 0.15) is 17.5 Å². The van der Waals surface area contributed by atoms with Crippen molar-refractivity contribution in [2.24, 2.45) is 0 Å². The van der Waals surface area contributed by atoms with E-state index >= 15 is 0 Å². The molecular weight excluding hydrogens is 352 g/mol. The number of amides is 2. The molecule has 0 aliphatic carbocycles. The van der Waals surface area contributed by atoms with E-state index in [1.54, 1.807) is 24.3 Å². The summed E-state index contributed by atoms with van der Waals surface area (Å²) in [5.41, 5.74) is 2.34. The van der Waals surface area contributed by atoms with Crippen LogP contribution >= 0.6 is 11.6 Å². The molecule has 0 bridgehead atoms. The number of aryl methyl sites for hydroxylation is 2. The van der Waals surface area contributed by atoms with Crippen molar-refractivity contribution >= 4 is 23.4 Å². The largest absolute Gasteiger partial charge is 0.484 e.